The van der Waals surface area contributed by atoms with E-state index in [2.05, 4.69) is 0 Å². The maximum atomic E-state index is 11.0. The second kappa shape index (κ2) is 3.77. The SMILES string of the molecule is COc1ccc2c(c1)C(C(=O)O)C=CC2. The number of aliphatic carboxylic acids is 1. The van der Waals surface area contributed by atoms with Crippen LogP contribution < -0.4 is 4.74 Å². The van der Waals surface area contributed by atoms with E-state index in [1.54, 1.807) is 19.3 Å². The molecule has 0 bridgehead atoms. The maximum absolute atomic E-state index is 11.0. The average molecular weight is 204 g/mol. The van der Waals surface area contributed by atoms with Crippen molar-refractivity contribution in [3.05, 3.63) is 41.5 Å². The predicted octanol–water partition coefficient (Wildman–Crippen LogP) is 1.98. The van der Waals surface area contributed by atoms with Gasteiger partial charge in [-0.3, -0.25) is 4.79 Å². The van der Waals surface area contributed by atoms with E-state index in [1.165, 1.54) is 0 Å². The molecule has 1 aliphatic rings. The van der Waals surface area contributed by atoms with Gasteiger partial charge < -0.3 is 9.84 Å². The second-order valence-electron chi connectivity index (χ2n) is 3.51. The normalized spacial score (nSPS) is 18.3. The zero-order valence-corrected chi connectivity index (χ0v) is 8.43. The Morgan fingerprint density at radius 3 is 3.00 bits per heavy atom. The number of carboxylic acids is 1. The number of rotatable bonds is 2. The smallest absolute Gasteiger partial charge is 0.314 e. The highest BCUT2D eigenvalue weighted by Crippen LogP contribution is 2.30. The fourth-order valence-corrected chi connectivity index (χ4v) is 1.83. The largest absolute Gasteiger partial charge is 0.497 e. The molecule has 1 aromatic carbocycles. The highest BCUT2D eigenvalue weighted by molar-refractivity contribution is 5.80. The van der Waals surface area contributed by atoms with E-state index in [-0.39, 0.29) is 0 Å². The molecule has 1 unspecified atom stereocenters. The van der Waals surface area contributed by atoms with E-state index in [0.29, 0.717) is 5.75 Å². The summed E-state index contributed by atoms with van der Waals surface area (Å²) in [4.78, 5) is 11.0. The van der Waals surface area contributed by atoms with Crippen LogP contribution in [0.4, 0.5) is 0 Å². The standard InChI is InChI=1S/C12H12O3/c1-15-9-6-5-8-3-2-4-10(12(13)14)11(8)7-9/h2,4-7,10H,3H2,1H3,(H,13,14). The molecule has 15 heavy (non-hydrogen) atoms. The summed E-state index contributed by atoms with van der Waals surface area (Å²) >= 11 is 0. The summed E-state index contributed by atoms with van der Waals surface area (Å²) in [5.74, 6) is -0.653. The zero-order chi connectivity index (χ0) is 10.8. The van der Waals surface area contributed by atoms with Gasteiger partial charge in [0.15, 0.2) is 0 Å². The number of hydrogen-bond acceptors (Lipinski definition) is 2. The Balaban J connectivity index is 2.47. The van der Waals surface area contributed by atoms with E-state index in [1.807, 2.05) is 18.2 Å². The van der Waals surface area contributed by atoms with E-state index in [0.717, 1.165) is 17.5 Å². The number of benzene rings is 1. The summed E-state index contributed by atoms with van der Waals surface area (Å²) in [6.07, 6.45) is 4.42. The van der Waals surface area contributed by atoms with Gasteiger partial charge in [-0.2, -0.15) is 0 Å². The van der Waals surface area contributed by atoms with Gasteiger partial charge in [0, 0.05) is 0 Å². The molecule has 3 heteroatoms. The number of carboxylic acid groups (broad SMARTS) is 1. The van der Waals surface area contributed by atoms with Crippen molar-refractivity contribution in [2.24, 2.45) is 0 Å². The lowest BCUT2D eigenvalue weighted by Crippen LogP contribution is -2.14. The highest BCUT2D eigenvalue weighted by atomic mass is 16.5. The number of fused-ring (bicyclic) bond motifs is 1. The van der Waals surface area contributed by atoms with Crippen LogP contribution in [0, 0.1) is 0 Å². The van der Waals surface area contributed by atoms with Crippen LogP contribution in [0.15, 0.2) is 30.4 Å². The summed E-state index contributed by atoms with van der Waals surface area (Å²) in [5.41, 5.74) is 1.90. The van der Waals surface area contributed by atoms with E-state index in [9.17, 15) is 4.79 Å². The van der Waals surface area contributed by atoms with E-state index < -0.39 is 11.9 Å². The molecule has 1 aliphatic carbocycles. The molecular weight excluding hydrogens is 192 g/mol. The molecule has 3 nitrogen and oxygen atoms in total. The van der Waals surface area contributed by atoms with E-state index >= 15 is 0 Å². The average Bonchev–Trinajstić information content (AvgIpc) is 2.27. The van der Waals surface area contributed by atoms with Crippen molar-refractivity contribution in [3.63, 3.8) is 0 Å². The minimum absolute atomic E-state index is 0.538. The van der Waals surface area contributed by atoms with Crippen molar-refractivity contribution in [1.29, 1.82) is 0 Å². The Morgan fingerprint density at radius 1 is 1.53 bits per heavy atom. The number of hydrogen-bond donors (Lipinski definition) is 1. The molecule has 1 aromatic rings. The first-order valence-corrected chi connectivity index (χ1v) is 4.78. The third-order valence-electron chi connectivity index (χ3n) is 2.62. The third kappa shape index (κ3) is 1.73. The molecule has 0 radical (unpaired) electrons. The van der Waals surface area contributed by atoms with Gasteiger partial charge in [0.1, 0.15) is 11.7 Å². The van der Waals surface area contributed by atoms with Crippen molar-refractivity contribution in [1.82, 2.24) is 0 Å². The Bertz CT molecular complexity index is 421. The summed E-state index contributed by atoms with van der Waals surface area (Å²) in [6.45, 7) is 0. The van der Waals surface area contributed by atoms with Crippen LogP contribution in [-0.4, -0.2) is 18.2 Å². The first-order valence-electron chi connectivity index (χ1n) is 4.78. The van der Waals surface area contributed by atoms with Crippen molar-refractivity contribution < 1.29 is 14.6 Å². The zero-order valence-electron chi connectivity index (χ0n) is 8.43. The van der Waals surface area contributed by atoms with Crippen molar-refractivity contribution >= 4 is 5.97 Å². The lowest BCUT2D eigenvalue weighted by atomic mass is 9.88. The molecule has 0 fully saturated rings. The molecule has 0 saturated heterocycles. The molecule has 0 amide bonds. The molecule has 0 saturated carbocycles. The van der Waals surface area contributed by atoms with Gasteiger partial charge in [-0.15, -0.1) is 0 Å². The highest BCUT2D eigenvalue weighted by Gasteiger charge is 2.22. The lowest BCUT2D eigenvalue weighted by Gasteiger charge is -2.18. The fourth-order valence-electron chi connectivity index (χ4n) is 1.83. The Morgan fingerprint density at radius 2 is 2.33 bits per heavy atom. The van der Waals surface area contributed by atoms with Gasteiger partial charge in [0.05, 0.1) is 7.11 Å². The number of allylic oxidation sites excluding steroid dienone is 1. The molecule has 1 atom stereocenters. The van der Waals surface area contributed by atoms with Crippen LogP contribution in [0.5, 0.6) is 5.75 Å². The molecule has 0 spiro atoms. The van der Waals surface area contributed by atoms with Gasteiger partial charge in [0.2, 0.25) is 0 Å². The second-order valence-corrected chi connectivity index (χ2v) is 3.51. The lowest BCUT2D eigenvalue weighted by molar-refractivity contribution is -0.137. The molecule has 1 N–H and O–H groups in total. The fraction of sp³-hybridized carbons (Fsp3) is 0.250. The summed E-state index contributed by atoms with van der Waals surface area (Å²) in [6, 6.07) is 5.59. The molecule has 78 valence electrons. The van der Waals surface area contributed by atoms with Crippen LogP contribution in [-0.2, 0) is 11.2 Å². The minimum atomic E-state index is -0.819. The van der Waals surface area contributed by atoms with Gasteiger partial charge >= 0.3 is 5.97 Å². The minimum Gasteiger partial charge on any atom is -0.497 e. The van der Waals surface area contributed by atoms with Crippen LogP contribution in [0.25, 0.3) is 0 Å². The Labute approximate surface area is 88.0 Å². The summed E-state index contributed by atoms with van der Waals surface area (Å²) in [7, 11) is 1.58. The van der Waals surface area contributed by atoms with Crippen LogP contribution >= 0.6 is 0 Å². The van der Waals surface area contributed by atoms with Crippen molar-refractivity contribution in [2.75, 3.05) is 7.11 Å². The predicted molar refractivity (Wildman–Crippen MR) is 56.2 cm³/mol. The van der Waals surface area contributed by atoms with E-state index in [4.69, 9.17) is 9.84 Å². The molecule has 0 aromatic heterocycles. The van der Waals surface area contributed by atoms with Crippen LogP contribution in [0.1, 0.15) is 17.0 Å². The topological polar surface area (TPSA) is 46.5 Å². The third-order valence-corrected chi connectivity index (χ3v) is 2.62. The summed E-state index contributed by atoms with van der Waals surface area (Å²) < 4.78 is 5.09. The van der Waals surface area contributed by atoms with Crippen molar-refractivity contribution in [2.45, 2.75) is 12.3 Å². The van der Waals surface area contributed by atoms with Gasteiger partial charge in [0.25, 0.3) is 0 Å². The first kappa shape index (κ1) is 9.77. The molecule has 0 aliphatic heterocycles. The maximum Gasteiger partial charge on any atom is 0.314 e. The number of methoxy groups -OCH3 is 1. The molecule has 2 rings (SSSR count). The van der Waals surface area contributed by atoms with Crippen LogP contribution in [0.3, 0.4) is 0 Å². The molecule has 0 heterocycles. The van der Waals surface area contributed by atoms with Gasteiger partial charge in [-0.25, -0.2) is 0 Å². The molecular formula is C12H12O3. The quantitative estimate of drug-likeness (QED) is 0.749. The first-order chi connectivity index (χ1) is 7.22. The Hall–Kier alpha value is -1.77. The number of carbonyl (C=O) groups is 1. The van der Waals surface area contributed by atoms with Gasteiger partial charge in [-0.1, -0.05) is 18.2 Å². The summed E-state index contributed by atoms with van der Waals surface area (Å²) in [5, 5.41) is 9.06. The number of ether oxygens (including phenoxy) is 1. The Kier molecular flexibility index (Phi) is 2.46. The van der Waals surface area contributed by atoms with Crippen molar-refractivity contribution in [3.8, 4) is 5.75 Å². The van der Waals surface area contributed by atoms with Crippen LogP contribution in [0.2, 0.25) is 0 Å². The van der Waals surface area contributed by atoms with Gasteiger partial charge in [-0.05, 0) is 29.7 Å². The monoisotopic (exact) mass is 204 g/mol.